The second kappa shape index (κ2) is 11.3. The number of thiazole rings is 1. The van der Waals surface area contributed by atoms with Gasteiger partial charge in [0.2, 0.25) is 0 Å². The van der Waals surface area contributed by atoms with E-state index in [2.05, 4.69) is 49.9 Å². The Morgan fingerprint density at radius 2 is 2.15 bits per heavy atom. The van der Waals surface area contributed by atoms with Crippen molar-refractivity contribution in [2.45, 2.75) is 39.3 Å². The summed E-state index contributed by atoms with van der Waals surface area (Å²) in [4.78, 5) is 14.0. The van der Waals surface area contributed by atoms with Crippen LogP contribution < -0.4 is 10.6 Å². The Morgan fingerprint density at radius 3 is 2.74 bits per heavy atom. The van der Waals surface area contributed by atoms with Gasteiger partial charge in [0.05, 0.1) is 17.6 Å². The second-order valence-corrected chi connectivity index (χ2v) is 9.20. The zero-order valence-electron chi connectivity index (χ0n) is 16.3. The summed E-state index contributed by atoms with van der Waals surface area (Å²) in [7, 11) is 1.83. The van der Waals surface area contributed by atoms with E-state index in [4.69, 9.17) is 0 Å². The number of guanidine groups is 1. The fourth-order valence-corrected chi connectivity index (χ4v) is 4.90. The Bertz CT molecular complexity index is 693. The predicted molar refractivity (Wildman–Crippen MR) is 127 cm³/mol. The lowest BCUT2D eigenvalue weighted by atomic mass is 9.97. The minimum Gasteiger partial charge on any atom is -0.354 e. The van der Waals surface area contributed by atoms with Crippen molar-refractivity contribution in [2.24, 2.45) is 10.9 Å². The standard InChI is InChI=1S/C19H29N5S2.HI/c1-14-6-8-24(9-7-14)17(18-5-4-10-25-18)13-23-19(20-3)22-12-16-11-21-15(2)26-16;/h4-5,10-11,14,17H,6-9,12-13H2,1-3H3,(H2,20,22,23);1H. The molecule has 3 heterocycles. The lowest BCUT2D eigenvalue weighted by Gasteiger charge is -2.36. The largest absolute Gasteiger partial charge is 0.354 e. The van der Waals surface area contributed by atoms with E-state index in [1.807, 2.05) is 31.5 Å². The number of aromatic nitrogens is 1. The number of nitrogens with one attached hydrogen (secondary N) is 2. The minimum absolute atomic E-state index is 0. The molecule has 1 saturated heterocycles. The fourth-order valence-electron chi connectivity index (χ4n) is 3.30. The summed E-state index contributed by atoms with van der Waals surface area (Å²) in [6, 6.07) is 4.82. The highest BCUT2D eigenvalue weighted by Crippen LogP contribution is 2.29. The molecule has 0 bridgehead atoms. The number of piperidine rings is 1. The van der Waals surface area contributed by atoms with Gasteiger partial charge < -0.3 is 10.6 Å². The smallest absolute Gasteiger partial charge is 0.191 e. The molecule has 8 heteroatoms. The molecule has 2 aromatic rings. The zero-order valence-corrected chi connectivity index (χ0v) is 20.2. The molecule has 0 spiro atoms. The normalized spacial score (nSPS) is 17.4. The van der Waals surface area contributed by atoms with Gasteiger partial charge in [-0.15, -0.1) is 46.7 Å². The molecule has 0 aliphatic carbocycles. The average molecular weight is 520 g/mol. The molecule has 0 saturated carbocycles. The first-order valence-corrected chi connectivity index (χ1v) is 11.0. The van der Waals surface area contributed by atoms with Crippen molar-refractivity contribution in [3.8, 4) is 0 Å². The van der Waals surface area contributed by atoms with E-state index in [9.17, 15) is 0 Å². The van der Waals surface area contributed by atoms with Gasteiger partial charge in [-0.3, -0.25) is 9.89 Å². The van der Waals surface area contributed by atoms with E-state index in [-0.39, 0.29) is 24.0 Å². The molecule has 0 amide bonds. The number of nitrogens with zero attached hydrogens (tertiary/aromatic N) is 3. The van der Waals surface area contributed by atoms with E-state index in [0.29, 0.717) is 6.04 Å². The molecular weight excluding hydrogens is 489 g/mol. The maximum Gasteiger partial charge on any atom is 0.191 e. The van der Waals surface area contributed by atoms with Crippen LogP contribution in [-0.2, 0) is 6.54 Å². The summed E-state index contributed by atoms with van der Waals surface area (Å²) < 4.78 is 0. The minimum atomic E-state index is 0. The third kappa shape index (κ3) is 6.69. The summed E-state index contributed by atoms with van der Waals surface area (Å²) in [5.74, 6) is 1.70. The third-order valence-corrected chi connectivity index (χ3v) is 6.80. The number of hydrogen-bond acceptors (Lipinski definition) is 5. The van der Waals surface area contributed by atoms with Gasteiger partial charge in [0.25, 0.3) is 0 Å². The van der Waals surface area contributed by atoms with Gasteiger partial charge in [-0.2, -0.15) is 0 Å². The Hall–Kier alpha value is -0.710. The average Bonchev–Trinajstić information content (AvgIpc) is 3.31. The van der Waals surface area contributed by atoms with E-state index in [1.54, 1.807) is 11.3 Å². The molecule has 2 aromatic heterocycles. The first-order chi connectivity index (χ1) is 12.7. The van der Waals surface area contributed by atoms with Crippen LogP contribution in [0, 0.1) is 12.8 Å². The van der Waals surface area contributed by atoms with Gasteiger partial charge in [-0.05, 0) is 50.2 Å². The molecule has 1 fully saturated rings. The molecule has 27 heavy (non-hydrogen) atoms. The molecule has 2 N–H and O–H groups in total. The molecule has 1 aliphatic rings. The van der Waals surface area contributed by atoms with Gasteiger partial charge in [0.1, 0.15) is 0 Å². The molecule has 1 aliphatic heterocycles. The van der Waals surface area contributed by atoms with Crippen molar-refractivity contribution in [2.75, 3.05) is 26.7 Å². The van der Waals surface area contributed by atoms with Crippen LogP contribution in [0.1, 0.15) is 40.6 Å². The Kier molecular flexibility index (Phi) is 9.47. The lowest BCUT2D eigenvalue weighted by molar-refractivity contribution is 0.140. The quantitative estimate of drug-likeness (QED) is 0.340. The van der Waals surface area contributed by atoms with Crippen LogP contribution in [0.15, 0.2) is 28.7 Å². The van der Waals surface area contributed by atoms with Crippen LogP contribution in [0.3, 0.4) is 0 Å². The maximum atomic E-state index is 4.38. The van der Waals surface area contributed by atoms with Crippen molar-refractivity contribution < 1.29 is 0 Å². The summed E-state index contributed by atoms with van der Waals surface area (Å²) in [6.45, 7) is 8.39. The molecule has 1 unspecified atom stereocenters. The molecule has 0 aromatic carbocycles. The highest BCUT2D eigenvalue weighted by molar-refractivity contribution is 14.0. The Morgan fingerprint density at radius 1 is 1.37 bits per heavy atom. The molecule has 1 atom stereocenters. The number of aryl methyl sites for hydroxylation is 1. The van der Waals surface area contributed by atoms with Crippen molar-refractivity contribution in [3.63, 3.8) is 0 Å². The van der Waals surface area contributed by atoms with Crippen LogP contribution in [0.25, 0.3) is 0 Å². The molecule has 5 nitrogen and oxygen atoms in total. The topological polar surface area (TPSA) is 52.6 Å². The number of rotatable bonds is 6. The number of likely N-dealkylation sites (tertiary alicyclic amines) is 1. The number of halogens is 1. The van der Waals surface area contributed by atoms with Crippen molar-refractivity contribution in [1.29, 1.82) is 0 Å². The number of thiophene rings is 1. The highest BCUT2D eigenvalue weighted by atomic mass is 127. The van der Waals surface area contributed by atoms with Gasteiger partial charge >= 0.3 is 0 Å². The first-order valence-electron chi connectivity index (χ1n) is 9.29. The molecule has 3 rings (SSSR count). The van der Waals surface area contributed by atoms with Gasteiger partial charge in [0.15, 0.2) is 5.96 Å². The summed E-state index contributed by atoms with van der Waals surface area (Å²) in [6.07, 6.45) is 4.52. The summed E-state index contributed by atoms with van der Waals surface area (Å²) in [5, 5.41) is 10.2. The van der Waals surface area contributed by atoms with Crippen LogP contribution in [0.5, 0.6) is 0 Å². The number of aliphatic imine (C=N–C) groups is 1. The fraction of sp³-hybridized carbons (Fsp3) is 0.579. The Labute approximate surface area is 187 Å². The Balaban J connectivity index is 0.00000261. The van der Waals surface area contributed by atoms with E-state index in [1.165, 1.54) is 35.7 Å². The van der Waals surface area contributed by atoms with Gasteiger partial charge in [-0.25, -0.2) is 4.98 Å². The summed E-state index contributed by atoms with van der Waals surface area (Å²) >= 11 is 3.57. The van der Waals surface area contributed by atoms with Crippen molar-refractivity contribution in [3.05, 3.63) is 38.5 Å². The van der Waals surface area contributed by atoms with E-state index in [0.717, 1.165) is 30.0 Å². The maximum absolute atomic E-state index is 4.38. The van der Waals surface area contributed by atoms with Crippen molar-refractivity contribution >= 4 is 52.6 Å². The van der Waals surface area contributed by atoms with Crippen LogP contribution in [0.2, 0.25) is 0 Å². The predicted octanol–water partition coefficient (Wildman–Crippen LogP) is 4.27. The number of hydrogen-bond donors (Lipinski definition) is 2. The molecular formula is C19H30IN5S2. The monoisotopic (exact) mass is 519 g/mol. The van der Waals surface area contributed by atoms with Crippen LogP contribution in [0.4, 0.5) is 0 Å². The van der Waals surface area contributed by atoms with E-state index >= 15 is 0 Å². The SMILES string of the molecule is CN=C(NCc1cnc(C)s1)NCC(c1cccs1)N1CCC(C)CC1.I. The zero-order chi connectivity index (χ0) is 18.4. The van der Waals surface area contributed by atoms with Crippen molar-refractivity contribution in [1.82, 2.24) is 20.5 Å². The lowest BCUT2D eigenvalue weighted by Crippen LogP contribution is -2.44. The van der Waals surface area contributed by atoms with E-state index < -0.39 is 0 Å². The third-order valence-electron chi connectivity index (χ3n) is 4.92. The van der Waals surface area contributed by atoms with Gasteiger partial charge in [-0.1, -0.05) is 13.0 Å². The summed E-state index contributed by atoms with van der Waals surface area (Å²) in [5.41, 5.74) is 0. The van der Waals surface area contributed by atoms with Gasteiger partial charge in [0, 0.05) is 29.5 Å². The van der Waals surface area contributed by atoms with Crippen LogP contribution in [-0.4, -0.2) is 42.5 Å². The highest BCUT2D eigenvalue weighted by Gasteiger charge is 2.25. The first kappa shape index (κ1) is 22.6. The molecule has 0 radical (unpaired) electrons. The molecule has 150 valence electrons. The second-order valence-electron chi connectivity index (χ2n) is 6.90. The van der Waals surface area contributed by atoms with Crippen LogP contribution >= 0.6 is 46.7 Å².